The van der Waals surface area contributed by atoms with Gasteiger partial charge >= 0.3 is 7.12 Å². The number of hydrogen-bond donors (Lipinski definition) is 2. The van der Waals surface area contributed by atoms with Gasteiger partial charge in [-0.05, 0) is 36.1 Å². The maximum absolute atomic E-state index is 9.39. The highest BCUT2D eigenvalue weighted by atomic mass is 28.4. The summed E-state index contributed by atoms with van der Waals surface area (Å²) >= 11 is 0. The van der Waals surface area contributed by atoms with Crippen LogP contribution in [0.5, 0.6) is 0 Å². The Morgan fingerprint density at radius 3 is 2.33 bits per heavy atom. The third-order valence-corrected chi connectivity index (χ3v) is 10.9. The van der Waals surface area contributed by atoms with Crippen LogP contribution in [0.1, 0.15) is 39.3 Å². The van der Waals surface area contributed by atoms with E-state index in [9.17, 15) is 10.0 Å². The Kier molecular flexibility index (Phi) is 7.70. The van der Waals surface area contributed by atoms with Crippen LogP contribution in [0, 0.1) is 0 Å². The van der Waals surface area contributed by atoms with E-state index < -0.39 is 15.4 Å². The smallest absolute Gasteiger partial charge is 0.423 e. The number of rotatable bonds is 7. The Hall–Kier alpha value is -0.698. The zero-order valence-corrected chi connectivity index (χ0v) is 18.9. The molecule has 152 valence electrons. The number of nitrogens with zero attached hydrogens (tertiary/aromatic N) is 2. The van der Waals surface area contributed by atoms with E-state index in [1.54, 1.807) is 6.07 Å². The van der Waals surface area contributed by atoms with Crippen LogP contribution in [-0.2, 0) is 4.43 Å². The first-order valence-electron chi connectivity index (χ1n) is 10.1. The lowest BCUT2D eigenvalue weighted by Crippen LogP contribution is -2.49. The minimum absolute atomic E-state index is 0.262. The van der Waals surface area contributed by atoms with Crippen molar-refractivity contribution in [2.45, 2.75) is 51.9 Å². The zero-order chi connectivity index (χ0) is 20.2. The SMILES string of the molecule is C[C@H](c1cccc(B(O)O)c1)N1CCN(CCO[Si](C)(C)C(C)(C)C)CC1. The van der Waals surface area contributed by atoms with Crippen molar-refractivity contribution in [2.75, 3.05) is 39.3 Å². The Morgan fingerprint density at radius 1 is 1.15 bits per heavy atom. The fourth-order valence-electron chi connectivity index (χ4n) is 3.21. The molecule has 5 nitrogen and oxygen atoms in total. The molecule has 7 heteroatoms. The summed E-state index contributed by atoms with van der Waals surface area (Å²) in [6.45, 7) is 19.6. The fourth-order valence-corrected chi connectivity index (χ4v) is 4.25. The predicted octanol–water partition coefficient (Wildman–Crippen LogP) is 2.07. The van der Waals surface area contributed by atoms with E-state index in [4.69, 9.17) is 4.43 Å². The van der Waals surface area contributed by atoms with Gasteiger partial charge in [0, 0.05) is 45.4 Å². The summed E-state index contributed by atoms with van der Waals surface area (Å²) in [7, 11) is -3.07. The first kappa shape index (κ1) is 22.6. The van der Waals surface area contributed by atoms with Gasteiger partial charge in [-0.2, -0.15) is 0 Å². The van der Waals surface area contributed by atoms with E-state index >= 15 is 0 Å². The molecule has 0 unspecified atom stereocenters. The molecule has 1 fully saturated rings. The van der Waals surface area contributed by atoms with Gasteiger partial charge in [0.2, 0.25) is 0 Å². The van der Waals surface area contributed by atoms with E-state index in [0.29, 0.717) is 5.46 Å². The highest BCUT2D eigenvalue weighted by Crippen LogP contribution is 2.36. The third-order valence-electron chi connectivity index (χ3n) is 6.32. The normalized spacial score (nSPS) is 18.5. The molecule has 0 aromatic heterocycles. The van der Waals surface area contributed by atoms with Crippen molar-refractivity contribution < 1.29 is 14.5 Å². The molecule has 1 atom stereocenters. The molecule has 1 aliphatic rings. The third kappa shape index (κ3) is 6.14. The zero-order valence-electron chi connectivity index (χ0n) is 17.9. The van der Waals surface area contributed by atoms with Gasteiger partial charge in [0.1, 0.15) is 0 Å². The number of piperazine rings is 1. The minimum Gasteiger partial charge on any atom is -0.423 e. The molecule has 2 N–H and O–H groups in total. The van der Waals surface area contributed by atoms with Crippen molar-refractivity contribution >= 4 is 20.9 Å². The second kappa shape index (κ2) is 9.20. The van der Waals surface area contributed by atoms with Gasteiger partial charge in [-0.15, -0.1) is 0 Å². The Balaban J connectivity index is 1.80. The minimum atomic E-state index is -1.66. The van der Waals surface area contributed by atoms with Crippen LogP contribution >= 0.6 is 0 Å². The highest BCUT2D eigenvalue weighted by Gasteiger charge is 2.37. The van der Waals surface area contributed by atoms with E-state index in [-0.39, 0.29) is 11.1 Å². The largest absolute Gasteiger partial charge is 0.488 e. The topological polar surface area (TPSA) is 56.2 Å². The van der Waals surface area contributed by atoms with Crippen LogP contribution in [0.2, 0.25) is 18.1 Å². The molecule has 0 bridgehead atoms. The molecule has 0 amide bonds. The quantitative estimate of drug-likeness (QED) is 0.696. The summed E-state index contributed by atoms with van der Waals surface area (Å²) in [4.78, 5) is 4.96. The molecule has 1 aliphatic heterocycles. The lowest BCUT2D eigenvalue weighted by molar-refractivity contribution is 0.0900. The van der Waals surface area contributed by atoms with Crippen LogP contribution < -0.4 is 5.46 Å². The monoisotopic (exact) mass is 392 g/mol. The summed E-state index contributed by atoms with van der Waals surface area (Å²) in [6, 6.07) is 7.88. The van der Waals surface area contributed by atoms with E-state index in [1.807, 2.05) is 12.1 Å². The first-order chi connectivity index (χ1) is 12.5. The molecule has 2 rings (SSSR count). The van der Waals surface area contributed by atoms with Crippen LogP contribution in [0.4, 0.5) is 0 Å². The Morgan fingerprint density at radius 2 is 1.78 bits per heavy atom. The maximum atomic E-state index is 9.39. The summed E-state index contributed by atoms with van der Waals surface area (Å²) in [5.74, 6) is 0. The van der Waals surface area contributed by atoms with E-state index in [2.05, 4.69) is 56.7 Å². The second-order valence-corrected chi connectivity index (χ2v) is 14.0. The van der Waals surface area contributed by atoms with Crippen LogP contribution in [0.15, 0.2) is 24.3 Å². The summed E-state index contributed by atoms with van der Waals surface area (Å²) in [5, 5.41) is 19.0. The van der Waals surface area contributed by atoms with Gasteiger partial charge in [-0.1, -0.05) is 45.0 Å². The fraction of sp³-hybridized carbons (Fsp3) is 0.700. The van der Waals surface area contributed by atoms with Gasteiger partial charge < -0.3 is 14.5 Å². The van der Waals surface area contributed by atoms with Gasteiger partial charge in [-0.25, -0.2) is 0 Å². The predicted molar refractivity (Wildman–Crippen MR) is 116 cm³/mol. The van der Waals surface area contributed by atoms with Gasteiger partial charge in [0.15, 0.2) is 8.32 Å². The lowest BCUT2D eigenvalue weighted by Gasteiger charge is -2.40. The summed E-state index contributed by atoms with van der Waals surface area (Å²) < 4.78 is 6.31. The van der Waals surface area contributed by atoms with Crippen LogP contribution in [0.3, 0.4) is 0 Å². The molecular weight excluding hydrogens is 355 g/mol. The number of hydrogen-bond acceptors (Lipinski definition) is 5. The summed E-state index contributed by atoms with van der Waals surface area (Å²) in [5.41, 5.74) is 1.69. The molecule has 1 aromatic rings. The molecule has 1 saturated heterocycles. The molecule has 0 saturated carbocycles. The number of benzene rings is 1. The lowest BCUT2D eigenvalue weighted by atomic mass is 9.79. The van der Waals surface area contributed by atoms with Gasteiger partial charge in [-0.3, -0.25) is 9.80 Å². The van der Waals surface area contributed by atoms with E-state index in [1.165, 1.54) is 0 Å². The standard InChI is InChI=1S/C20H37BN2O3Si/c1-17(18-8-7-9-19(16-18)21(24)25)23-12-10-22(11-13-23)14-15-26-27(5,6)20(2,3)4/h7-9,16-17,24-25H,10-15H2,1-6H3/t17-/m1/s1. The average molecular weight is 392 g/mol. The molecule has 1 aromatic carbocycles. The molecular formula is C20H37BN2O3Si. The van der Waals surface area contributed by atoms with E-state index in [0.717, 1.165) is 44.9 Å². The van der Waals surface area contributed by atoms with Crippen molar-refractivity contribution in [2.24, 2.45) is 0 Å². The van der Waals surface area contributed by atoms with Crippen molar-refractivity contribution in [3.8, 4) is 0 Å². The highest BCUT2D eigenvalue weighted by molar-refractivity contribution is 6.74. The van der Waals surface area contributed by atoms with Crippen molar-refractivity contribution in [3.05, 3.63) is 29.8 Å². The molecule has 0 radical (unpaired) electrons. The Labute approximate surface area is 166 Å². The Bertz CT molecular complexity index is 599. The molecule has 0 spiro atoms. The van der Waals surface area contributed by atoms with Crippen molar-refractivity contribution in [1.29, 1.82) is 0 Å². The summed E-state index contributed by atoms with van der Waals surface area (Å²) in [6.07, 6.45) is 0. The van der Waals surface area contributed by atoms with Gasteiger partial charge in [0.05, 0.1) is 0 Å². The maximum Gasteiger partial charge on any atom is 0.488 e. The molecule has 27 heavy (non-hydrogen) atoms. The average Bonchev–Trinajstić information content (AvgIpc) is 2.60. The molecule has 0 aliphatic carbocycles. The van der Waals surface area contributed by atoms with Gasteiger partial charge in [0.25, 0.3) is 0 Å². The van der Waals surface area contributed by atoms with Crippen molar-refractivity contribution in [3.63, 3.8) is 0 Å². The van der Waals surface area contributed by atoms with Crippen molar-refractivity contribution in [1.82, 2.24) is 9.80 Å². The van der Waals surface area contributed by atoms with Crippen LogP contribution in [0.25, 0.3) is 0 Å². The van der Waals surface area contributed by atoms with Crippen LogP contribution in [-0.4, -0.2) is 74.6 Å². The first-order valence-corrected chi connectivity index (χ1v) is 13.0. The second-order valence-electron chi connectivity index (χ2n) is 9.21. The molecule has 1 heterocycles.